The number of ether oxygens (including phenoxy) is 1. The number of alkyl halides is 2. The molecule has 0 bridgehead atoms. The van der Waals surface area contributed by atoms with E-state index >= 15 is 0 Å². The number of halogens is 2. The van der Waals surface area contributed by atoms with Gasteiger partial charge in [0.25, 0.3) is 5.91 Å². The van der Waals surface area contributed by atoms with Gasteiger partial charge in [-0.2, -0.15) is 8.78 Å². The van der Waals surface area contributed by atoms with Crippen molar-refractivity contribution >= 4 is 23.5 Å². The van der Waals surface area contributed by atoms with E-state index in [0.29, 0.717) is 12.0 Å². The van der Waals surface area contributed by atoms with E-state index in [1.165, 1.54) is 24.3 Å². The van der Waals surface area contributed by atoms with E-state index in [2.05, 4.69) is 15.4 Å². The minimum atomic E-state index is -3.06. The van der Waals surface area contributed by atoms with Crippen molar-refractivity contribution in [3.05, 3.63) is 60.2 Å². The molecule has 0 aromatic heterocycles. The van der Waals surface area contributed by atoms with Gasteiger partial charge in [-0.1, -0.05) is 49.4 Å². The Kier molecular flexibility index (Phi) is 5.76. The standard InChI is InChI=1S/C20H19F2N3O4/c1-2-20(13-8-4-3-5-9-13)17(27)25(19(28)24-20)12-16(26)23-14-10-6-7-11-15(14)29-18(21)22/h3-11,18H,2,12H2,1H3,(H,23,26)(H,24,28). The monoisotopic (exact) mass is 403 g/mol. The molecule has 0 spiro atoms. The summed E-state index contributed by atoms with van der Waals surface area (Å²) in [6.45, 7) is -1.87. The van der Waals surface area contributed by atoms with Crippen molar-refractivity contribution in [1.82, 2.24) is 10.2 Å². The minimum Gasteiger partial charge on any atom is -0.433 e. The van der Waals surface area contributed by atoms with Gasteiger partial charge in [0.05, 0.1) is 5.69 Å². The molecule has 1 fully saturated rings. The van der Waals surface area contributed by atoms with E-state index in [-0.39, 0.29) is 11.4 Å². The van der Waals surface area contributed by atoms with E-state index in [1.807, 2.05) is 0 Å². The molecule has 152 valence electrons. The maximum Gasteiger partial charge on any atom is 0.387 e. The van der Waals surface area contributed by atoms with E-state index in [4.69, 9.17) is 0 Å². The van der Waals surface area contributed by atoms with Gasteiger partial charge in [-0.25, -0.2) is 4.79 Å². The van der Waals surface area contributed by atoms with E-state index in [1.54, 1.807) is 37.3 Å². The lowest BCUT2D eigenvalue weighted by Gasteiger charge is -2.25. The number of benzene rings is 2. The fraction of sp³-hybridized carbons (Fsp3) is 0.250. The predicted octanol–water partition coefficient (Wildman–Crippen LogP) is 3.08. The van der Waals surface area contributed by atoms with Crippen LogP contribution in [0.2, 0.25) is 0 Å². The lowest BCUT2D eigenvalue weighted by atomic mass is 9.87. The average molecular weight is 403 g/mol. The number of hydrogen-bond donors (Lipinski definition) is 2. The Bertz CT molecular complexity index is 923. The summed E-state index contributed by atoms with van der Waals surface area (Å²) in [5.74, 6) is -1.50. The van der Waals surface area contributed by atoms with Gasteiger partial charge >= 0.3 is 12.6 Å². The van der Waals surface area contributed by atoms with Crippen molar-refractivity contribution in [3.63, 3.8) is 0 Å². The largest absolute Gasteiger partial charge is 0.433 e. The van der Waals surface area contributed by atoms with Crippen LogP contribution in [0.25, 0.3) is 0 Å². The molecule has 3 rings (SSSR count). The molecule has 1 saturated heterocycles. The number of nitrogens with zero attached hydrogens (tertiary/aromatic N) is 1. The quantitative estimate of drug-likeness (QED) is 0.696. The second-order valence-corrected chi connectivity index (χ2v) is 6.37. The Morgan fingerprint density at radius 2 is 1.79 bits per heavy atom. The van der Waals surface area contributed by atoms with E-state index in [0.717, 1.165) is 4.90 Å². The van der Waals surface area contributed by atoms with Crippen LogP contribution in [0, 0.1) is 0 Å². The fourth-order valence-electron chi connectivity index (χ4n) is 3.23. The van der Waals surface area contributed by atoms with Crippen molar-refractivity contribution in [2.24, 2.45) is 0 Å². The number of rotatable bonds is 7. The molecule has 1 aliphatic rings. The van der Waals surface area contributed by atoms with Gasteiger partial charge in [-0.3, -0.25) is 14.5 Å². The molecule has 1 unspecified atom stereocenters. The third-order valence-corrected chi connectivity index (χ3v) is 4.65. The maximum absolute atomic E-state index is 13.0. The molecule has 1 aliphatic heterocycles. The number of hydrogen-bond acceptors (Lipinski definition) is 4. The Morgan fingerprint density at radius 1 is 1.14 bits per heavy atom. The molecule has 29 heavy (non-hydrogen) atoms. The van der Waals surface area contributed by atoms with Gasteiger partial charge < -0.3 is 15.4 Å². The van der Waals surface area contributed by atoms with Crippen LogP contribution in [-0.4, -0.2) is 35.9 Å². The zero-order chi connectivity index (χ0) is 21.0. The predicted molar refractivity (Wildman–Crippen MR) is 100 cm³/mol. The van der Waals surface area contributed by atoms with Crippen LogP contribution in [-0.2, 0) is 15.1 Å². The molecule has 2 aromatic rings. The number of nitrogens with one attached hydrogen (secondary N) is 2. The van der Waals surface area contributed by atoms with E-state index < -0.39 is 36.5 Å². The highest BCUT2D eigenvalue weighted by molar-refractivity contribution is 6.10. The van der Waals surface area contributed by atoms with Gasteiger partial charge in [0.15, 0.2) is 0 Å². The highest BCUT2D eigenvalue weighted by Crippen LogP contribution is 2.32. The first-order valence-corrected chi connectivity index (χ1v) is 8.90. The zero-order valence-corrected chi connectivity index (χ0v) is 15.5. The summed E-state index contributed by atoms with van der Waals surface area (Å²) in [7, 11) is 0. The highest BCUT2D eigenvalue weighted by atomic mass is 19.3. The Balaban J connectivity index is 1.76. The third-order valence-electron chi connectivity index (χ3n) is 4.65. The second-order valence-electron chi connectivity index (χ2n) is 6.37. The lowest BCUT2D eigenvalue weighted by Crippen LogP contribution is -2.44. The van der Waals surface area contributed by atoms with Gasteiger partial charge in [-0.05, 0) is 24.1 Å². The smallest absolute Gasteiger partial charge is 0.387 e. The van der Waals surface area contributed by atoms with E-state index in [9.17, 15) is 23.2 Å². The van der Waals surface area contributed by atoms with Crippen molar-refractivity contribution in [2.45, 2.75) is 25.5 Å². The number of carbonyl (C=O) groups excluding carboxylic acids is 3. The molecule has 0 radical (unpaired) electrons. The topological polar surface area (TPSA) is 87.7 Å². The Labute approximate surface area is 165 Å². The first-order chi connectivity index (χ1) is 13.9. The van der Waals surface area contributed by atoms with Crippen LogP contribution in [0.15, 0.2) is 54.6 Å². The summed E-state index contributed by atoms with van der Waals surface area (Å²) >= 11 is 0. The van der Waals surface area contributed by atoms with Gasteiger partial charge in [0, 0.05) is 0 Å². The van der Waals surface area contributed by atoms with Crippen LogP contribution in [0.3, 0.4) is 0 Å². The van der Waals surface area contributed by atoms with Crippen LogP contribution in [0.4, 0.5) is 19.3 Å². The molecular formula is C20H19F2N3O4. The maximum atomic E-state index is 13.0. The SMILES string of the molecule is CCC1(c2ccccc2)NC(=O)N(CC(=O)Nc2ccccc2OC(F)F)C1=O. The normalized spacial score (nSPS) is 18.7. The number of imide groups is 1. The summed E-state index contributed by atoms with van der Waals surface area (Å²) in [4.78, 5) is 38.6. The fourth-order valence-corrected chi connectivity index (χ4v) is 3.23. The first kappa shape index (κ1) is 20.2. The van der Waals surface area contributed by atoms with Gasteiger partial charge in [0.2, 0.25) is 5.91 Å². The summed E-state index contributed by atoms with van der Waals surface area (Å²) in [6, 6.07) is 13.7. The third kappa shape index (κ3) is 4.03. The molecule has 1 heterocycles. The molecule has 2 N–H and O–H groups in total. The summed E-state index contributed by atoms with van der Waals surface area (Å²) in [5, 5.41) is 5.07. The molecule has 0 aliphatic carbocycles. The molecule has 2 aromatic carbocycles. The summed E-state index contributed by atoms with van der Waals surface area (Å²) < 4.78 is 29.4. The molecule has 1 atom stereocenters. The molecule has 0 saturated carbocycles. The van der Waals surface area contributed by atoms with Crippen LogP contribution < -0.4 is 15.4 Å². The number of amides is 4. The number of para-hydroxylation sites is 2. The molecule has 9 heteroatoms. The number of urea groups is 1. The average Bonchev–Trinajstić information content (AvgIpc) is 2.95. The van der Waals surface area contributed by atoms with Crippen LogP contribution in [0.1, 0.15) is 18.9 Å². The molecular weight excluding hydrogens is 384 g/mol. The Morgan fingerprint density at radius 3 is 2.45 bits per heavy atom. The zero-order valence-electron chi connectivity index (χ0n) is 15.5. The number of carbonyl (C=O) groups is 3. The van der Waals surface area contributed by atoms with Crippen molar-refractivity contribution in [1.29, 1.82) is 0 Å². The lowest BCUT2D eigenvalue weighted by molar-refractivity contribution is -0.134. The van der Waals surface area contributed by atoms with Crippen molar-refractivity contribution in [3.8, 4) is 5.75 Å². The van der Waals surface area contributed by atoms with Gasteiger partial charge in [0.1, 0.15) is 17.8 Å². The van der Waals surface area contributed by atoms with Crippen LogP contribution >= 0.6 is 0 Å². The highest BCUT2D eigenvalue weighted by Gasteiger charge is 2.51. The van der Waals surface area contributed by atoms with Crippen molar-refractivity contribution in [2.75, 3.05) is 11.9 Å². The first-order valence-electron chi connectivity index (χ1n) is 8.90. The second kappa shape index (κ2) is 8.26. The molecule has 4 amide bonds. The molecule has 7 nitrogen and oxygen atoms in total. The van der Waals surface area contributed by atoms with Crippen molar-refractivity contribution < 1.29 is 27.9 Å². The minimum absolute atomic E-state index is 0.00895. The van der Waals surface area contributed by atoms with Crippen LogP contribution in [0.5, 0.6) is 5.75 Å². The number of anilines is 1. The Hall–Kier alpha value is -3.49. The summed E-state index contributed by atoms with van der Waals surface area (Å²) in [6.07, 6.45) is 0.296. The summed E-state index contributed by atoms with van der Waals surface area (Å²) in [5.41, 5.74) is -0.635. The van der Waals surface area contributed by atoms with Gasteiger partial charge in [-0.15, -0.1) is 0 Å².